The third-order valence-electron chi connectivity index (χ3n) is 3.85. The lowest BCUT2D eigenvalue weighted by atomic mass is 10.2. The lowest BCUT2D eigenvalue weighted by Gasteiger charge is -2.10. The Kier molecular flexibility index (Phi) is 7.10. The van der Waals surface area contributed by atoms with Crippen LogP contribution in [0.2, 0.25) is 0 Å². The first kappa shape index (κ1) is 16.4. The normalized spacial score (nSPS) is 15.3. The summed E-state index contributed by atoms with van der Waals surface area (Å²) in [6, 6.07) is 8.25. The molecule has 0 unspecified atom stereocenters. The van der Waals surface area contributed by atoms with E-state index in [-0.39, 0.29) is 5.91 Å². The number of nitrogens with two attached hydrogens (primary N) is 1. The molecule has 3 nitrogen and oxygen atoms in total. The van der Waals surface area contributed by atoms with E-state index >= 15 is 0 Å². The highest BCUT2D eigenvalue weighted by Gasteiger charge is 2.15. The Bertz CT molecular complexity index is 427. The second-order valence-electron chi connectivity index (χ2n) is 5.70. The third-order valence-corrected chi connectivity index (χ3v) is 5.20. The van der Waals surface area contributed by atoms with Gasteiger partial charge in [0, 0.05) is 22.3 Å². The average molecular weight is 306 g/mol. The number of unbranched alkanes of at least 4 members (excludes halogenated alkanes) is 2. The summed E-state index contributed by atoms with van der Waals surface area (Å²) in [6.45, 7) is 0.710. The van der Waals surface area contributed by atoms with Crippen LogP contribution in [0.15, 0.2) is 29.2 Å². The van der Waals surface area contributed by atoms with Crippen molar-refractivity contribution < 1.29 is 4.79 Å². The molecule has 0 heterocycles. The molecule has 0 aromatic heterocycles. The zero-order valence-electron chi connectivity index (χ0n) is 12.6. The lowest BCUT2D eigenvalue weighted by Crippen LogP contribution is -2.11. The quantitative estimate of drug-likeness (QED) is 0.708. The predicted octanol–water partition coefficient (Wildman–Crippen LogP) is 4.18. The van der Waals surface area contributed by atoms with Crippen molar-refractivity contribution in [2.45, 2.75) is 61.5 Å². The standard InChI is InChI=1S/C17H26N2OS/c18-13-5-1-2-8-17(20)19-14-9-11-16(12-10-14)21-15-6-3-4-7-15/h9-12,15H,1-8,13,18H2,(H,19,20). The SMILES string of the molecule is NCCCCCC(=O)Nc1ccc(SC2CCCC2)cc1. The van der Waals surface area contributed by atoms with E-state index in [0.717, 1.165) is 30.2 Å². The van der Waals surface area contributed by atoms with Crippen LogP contribution in [-0.2, 0) is 4.79 Å². The van der Waals surface area contributed by atoms with Crippen LogP contribution < -0.4 is 11.1 Å². The summed E-state index contributed by atoms with van der Waals surface area (Å²) in [5, 5.41) is 3.75. The zero-order chi connectivity index (χ0) is 14.9. The fourth-order valence-corrected chi connectivity index (χ4v) is 3.89. The van der Waals surface area contributed by atoms with E-state index in [2.05, 4.69) is 17.4 Å². The van der Waals surface area contributed by atoms with Crippen molar-refractivity contribution >= 4 is 23.4 Å². The van der Waals surface area contributed by atoms with Crippen molar-refractivity contribution in [2.75, 3.05) is 11.9 Å². The molecule has 1 aliphatic rings. The molecule has 0 atom stereocenters. The molecular formula is C17H26N2OS. The van der Waals surface area contributed by atoms with Crippen LogP contribution in [0.3, 0.4) is 0 Å². The molecule has 4 heteroatoms. The van der Waals surface area contributed by atoms with Crippen molar-refractivity contribution in [3.05, 3.63) is 24.3 Å². The number of benzene rings is 1. The van der Waals surface area contributed by atoms with Gasteiger partial charge in [-0.15, -0.1) is 11.8 Å². The smallest absolute Gasteiger partial charge is 0.224 e. The number of carbonyl (C=O) groups is 1. The van der Waals surface area contributed by atoms with E-state index in [4.69, 9.17) is 5.73 Å². The molecule has 3 N–H and O–H groups in total. The Hall–Kier alpha value is -1.00. The fraction of sp³-hybridized carbons (Fsp3) is 0.588. The molecule has 0 bridgehead atoms. The molecule has 21 heavy (non-hydrogen) atoms. The molecule has 0 spiro atoms. The van der Waals surface area contributed by atoms with Gasteiger partial charge in [0.05, 0.1) is 0 Å². The van der Waals surface area contributed by atoms with Gasteiger partial charge in [-0.2, -0.15) is 0 Å². The first-order valence-electron chi connectivity index (χ1n) is 8.04. The van der Waals surface area contributed by atoms with Gasteiger partial charge in [-0.25, -0.2) is 0 Å². The minimum absolute atomic E-state index is 0.100. The van der Waals surface area contributed by atoms with Gasteiger partial charge < -0.3 is 11.1 Å². The third kappa shape index (κ3) is 6.10. The lowest BCUT2D eigenvalue weighted by molar-refractivity contribution is -0.116. The topological polar surface area (TPSA) is 55.1 Å². The monoisotopic (exact) mass is 306 g/mol. The van der Waals surface area contributed by atoms with Crippen LogP contribution >= 0.6 is 11.8 Å². The molecule has 1 saturated carbocycles. The van der Waals surface area contributed by atoms with E-state index in [1.54, 1.807) is 0 Å². The number of carbonyl (C=O) groups excluding carboxylic acids is 1. The number of thioether (sulfide) groups is 1. The maximum absolute atomic E-state index is 11.8. The van der Waals surface area contributed by atoms with Gasteiger partial charge in [-0.05, 0) is 56.5 Å². The molecule has 0 radical (unpaired) electrons. The first-order valence-corrected chi connectivity index (χ1v) is 8.92. The van der Waals surface area contributed by atoms with Crippen molar-refractivity contribution in [3.8, 4) is 0 Å². The summed E-state index contributed by atoms with van der Waals surface area (Å²) < 4.78 is 0. The van der Waals surface area contributed by atoms with Gasteiger partial charge in [0.1, 0.15) is 0 Å². The maximum atomic E-state index is 11.8. The van der Waals surface area contributed by atoms with Crippen LogP contribution in [0.4, 0.5) is 5.69 Å². The van der Waals surface area contributed by atoms with Gasteiger partial charge in [0.25, 0.3) is 0 Å². The Labute approximate surface area is 132 Å². The van der Waals surface area contributed by atoms with Crippen molar-refractivity contribution in [3.63, 3.8) is 0 Å². The van der Waals surface area contributed by atoms with E-state index in [9.17, 15) is 4.79 Å². The number of amides is 1. The van der Waals surface area contributed by atoms with Gasteiger partial charge in [0.15, 0.2) is 0 Å². The summed E-state index contributed by atoms with van der Waals surface area (Å²) in [4.78, 5) is 13.1. The van der Waals surface area contributed by atoms with Gasteiger partial charge in [-0.1, -0.05) is 19.3 Å². The molecule has 2 rings (SSSR count). The Morgan fingerprint density at radius 3 is 2.52 bits per heavy atom. The number of hydrogen-bond donors (Lipinski definition) is 2. The fourth-order valence-electron chi connectivity index (χ4n) is 2.65. The maximum Gasteiger partial charge on any atom is 0.224 e. The number of nitrogens with one attached hydrogen (secondary N) is 1. The molecule has 116 valence electrons. The van der Waals surface area contributed by atoms with E-state index < -0.39 is 0 Å². The Morgan fingerprint density at radius 2 is 1.86 bits per heavy atom. The Balaban J connectivity index is 1.72. The average Bonchev–Trinajstić information content (AvgIpc) is 2.99. The minimum Gasteiger partial charge on any atom is -0.330 e. The van der Waals surface area contributed by atoms with Crippen LogP contribution in [-0.4, -0.2) is 17.7 Å². The van der Waals surface area contributed by atoms with E-state index in [1.165, 1.54) is 30.6 Å². The van der Waals surface area contributed by atoms with Gasteiger partial charge in [0.2, 0.25) is 5.91 Å². The van der Waals surface area contributed by atoms with Crippen molar-refractivity contribution in [1.29, 1.82) is 0 Å². The largest absolute Gasteiger partial charge is 0.330 e. The summed E-state index contributed by atoms with van der Waals surface area (Å²) in [7, 11) is 0. The minimum atomic E-state index is 0.100. The zero-order valence-corrected chi connectivity index (χ0v) is 13.5. The summed E-state index contributed by atoms with van der Waals surface area (Å²) in [5.41, 5.74) is 6.34. The summed E-state index contributed by atoms with van der Waals surface area (Å²) >= 11 is 1.97. The van der Waals surface area contributed by atoms with Crippen LogP contribution in [0.5, 0.6) is 0 Å². The molecule has 1 aromatic carbocycles. The molecular weight excluding hydrogens is 280 g/mol. The Morgan fingerprint density at radius 1 is 1.14 bits per heavy atom. The highest BCUT2D eigenvalue weighted by molar-refractivity contribution is 8.00. The number of anilines is 1. The van der Waals surface area contributed by atoms with E-state index in [0.29, 0.717) is 13.0 Å². The predicted molar refractivity (Wildman–Crippen MR) is 90.7 cm³/mol. The molecule has 0 saturated heterocycles. The second-order valence-corrected chi connectivity index (χ2v) is 7.07. The number of hydrogen-bond acceptors (Lipinski definition) is 3. The molecule has 1 amide bonds. The number of rotatable bonds is 8. The van der Waals surface area contributed by atoms with Gasteiger partial charge >= 0.3 is 0 Å². The molecule has 1 aromatic rings. The van der Waals surface area contributed by atoms with Gasteiger partial charge in [-0.3, -0.25) is 4.79 Å². The summed E-state index contributed by atoms with van der Waals surface area (Å²) in [5.74, 6) is 0.100. The van der Waals surface area contributed by atoms with E-state index in [1.807, 2.05) is 23.9 Å². The van der Waals surface area contributed by atoms with Crippen LogP contribution in [0.1, 0.15) is 51.4 Å². The van der Waals surface area contributed by atoms with Crippen LogP contribution in [0.25, 0.3) is 0 Å². The second kappa shape index (κ2) is 9.11. The molecule has 0 aliphatic heterocycles. The molecule has 1 aliphatic carbocycles. The van der Waals surface area contributed by atoms with Crippen LogP contribution in [0, 0.1) is 0 Å². The van der Waals surface area contributed by atoms with Crippen molar-refractivity contribution in [2.24, 2.45) is 5.73 Å². The highest BCUT2D eigenvalue weighted by Crippen LogP contribution is 2.34. The van der Waals surface area contributed by atoms with Crippen molar-refractivity contribution in [1.82, 2.24) is 0 Å². The highest BCUT2D eigenvalue weighted by atomic mass is 32.2. The summed E-state index contributed by atoms with van der Waals surface area (Å²) in [6.07, 6.45) is 8.95. The molecule has 1 fully saturated rings. The first-order chi connectivity index (χ1) is 10.3.